The van der Waals surface area contributed by atoms with Crippen molar-refractivity contribution in [1.82, 2.24) is 10.2 Å². The molecular formula is C22H37N3O. The molecule has 4 nitrogen and oxygen atoms in total. The standard InChI is InChI=1S/C12H17N3.C10H20O/c1-6-10-9(4)14-15-12(13-5)11(10)7-8(2)3;1-4-9(3)6-10(5-2)7-11-8-10/h6-7H,2H2,1,3-5H3,(H,13,15);9H,4-8H2,1-3H3/b10-6-,11-7+;. The Bertz CT molecular complexity index is 699. The van der Waals surface area contributed by atoms with Gasteiger partial charge in [0.2, 0.25) is 0 Å². The van der Waals surface area contributed by atoms with Gasteiger partial charge in [-0.25, -0.2) is 0 Å². The number of aryl methyl sites for hydroxylation is 1. The van der Waals surface area contributed by atoms with Crippen LogP contribution in [0.3, 0.4) is 0 Å². The predicted octanol–water partition coefficient (Wildman–Crippen LogP) is 3.83. The van der Waals surface area contributed by atoms with Gasteiger partial charge in [-0.1, -0.05) is 45.4 Å². The maximum absolute atomic E-state index is 5.27. The second-order valence-corrected chi connectivity index (χ2v) is 7.55. The van der Waals surface area contributed by atoms with Crippen LogP contribution in [-0.4, -0.2) is 30.5 Å². The highest BCUT2D eigenvalue weighted by Gasteiger charge is 2.37. The summed E-state index contributed by atoms with van der Waals surface area (Å²) in [4.78, 5) is 0. The van der Waals surface area contributed by atoms with Crippen LogP contribution in [0.5, 0.6) is 0 Å². The quantitative estimate of drug-likeness (QED) is 0.838. The average molecular weight is 360 g/mol. The second-order valence-electron chi connectivity index (χ2n) is 7.55. The zero-order chi connectivity index (χ0) is 19.7. The Morgan fingerprint density at radius 3 is 2.35 bits per heavy atom. The Kier molecular flexibility index (Phi) is 9.00. The van der Waals surface area contributed by atoms with Gasteiger partial charge in [0.1, 0.15) is 0 Å². The molecule has 1 saturated heterocycles. The molecule has 4 heteroatoms. The maximum Gasteiger partial charge on any atom is 0.156 e. The van der Waals surface area contributed by atoms with Crippen molar-refractivity contribution in [1.29, 1.82) is 0 Å². The van der Waals surface area contributed by atoms with Gasteiger partial charge in [0.05, 0.1) is 18.9 Å². The van der Waals surface area contributed by atoms with E-state index in [4.69, 9.17) is 4.74 Å². The normalized spacial score (nSPS) is 17.8. The summed E-state index contributed by atoms with van der Waals surface area (Å²) in [5.41, 5.74) is 2.50. The van der Waals surface area contributed by atoms with Crippen LogP contribution in [0.2, 0.25) is 0 Å². The van der Waals surface area contributed by atoms with Gasteiger partial charge in [0.15, 0.2) is 5.82 Å². The highest BCUT2D eigenvalue weighted by molar-refractivity contribution is 5.52. The molecule has 1 aromatic heterocycles. The molecule has 26 heavy (non-hydrogen) atoms. The smallest absolute Gasteiger partial charge is 0.156 e. The van der Waals surface area contributed by atoms with Crippen molar-refractivity contribution in [2.24, 2.45) is 11.3 Å². The Morgan fingerprint density at radius 1 is 1.31 bits per heavy atom. The van der Waals surface area contributed by atoms with Crippen LogP contribution in [0.1, 0.15) is 59.6 Å². The molecule has 0 saturated carbocycles. The molecule has 1 N–H and O–H groups in total. The minimum atomic E-state index is 0.565. The second kappa shape index (κ2) is 10.5. The summed E-state index contributed by atoms with van der Waals surface area (Å²) in [6, 6.07) is 0. The monoisotopic (exact) mass is 359 g/mol. The van der Waals surface area contributed by atoms with Crippen LogP contribution in [0.4, 0.5) is 5.82 Å². The van der Waals surface area contributed by atoms with Crippen molar-refractivity contribution >= 4 is 18.0 Å². The first-order valence-corrected chi connectivity index (χ1v) is 9.74. The third-order valence-electron chi connectivity index (χ3n) is 5.20. The summed E-state index contributed by atoms with van der Waals surface area (Å²) < 4.78 is 5.27. The van der Waals surface area contributed by atoms with E-state index < -0.39 is 0 Å². The molecule has 0 spiro atoms. The summed E-state index contributed by atoms with van der Waals surface area (Å²) in [6.45, 7) is 18.7. The van der Waals surface area contributed by atoms with Gasteiger partial charge in [-0.15, -0.1) is 5.10 Å². The summed E-state index contributed by atoms with van der Waals surface area (Å²) in [5.74, 6) is 1.66. The molecule has 0 aliphatic carbocycles. The molecule has 1 fully saturated rings. The fraction of sp³-hybridized carbons (Fsp3) is 0.636. The molecule has 0 radical (unpaired) electrons. The van der Waals surface area contributed by atoms with E-state index in [0.717, 1.165) is 46.7 Å². The third-order valence-corrected chi connectivity index (χ3v) is 5.20. The molecule has 2 rings (SSSR count). The molecule has 1 aromatic rings. The van der Waals surface area contributed by atoms with E-state index in [0.29, 0.717) is 5.41 Å². The van der Waals surface area contributed by atoms with E-state index in [1.807, 2.05) is 40.0 Å². The van der Waals surface area contributed by atoms with Crippen molar-refractivity contribution in [2.75, 3.05) is 25.6 Å². The van der Waals surface area contributed by atoms with Crippen LogP contribution in [0.15, 0.2) is 12.2 Å². The Labute approximate surface area is 159 Å². The SMILES string of the molecule is C=C(C)/C=c1/c(NC)nnc(C)/c1=C/C.CCC(C)CC1(CC)COC1. The summed E-state index contributed by atoms with van der Waals surface area (Å²) in [5, 5.41) is 13.4. The molecule has 1 unspecified atom stereocenters. The van der Waals surface area contributed by atoms with Crippen LogP contribution in [0, 0.1) is 18.3 Å². The topological polar surface area (TPSA) is 47.0 Å². The highest BCUT2D eigenvalue weighted by atomic mass is 16.5. The number of allylic oxidation sites excluding steroid dienone is 1. The number of aromatic nitrogens is 2. The van der Waals surface area contributed by atoms with Crippen LogP contribution < -0.4 is 15.8 Å². The first-order chi connectivity index (χ1) is 12.3. The Hall–Kier alpha value is -1.68. The number of rotatable bonds is 6. The van der Waals surface area contributed by atoms with E-state index in [1.54, 1.807) is 0 Å². The van der Waals surface area contributed by atoms with Crippen molar-refractivity contribution in [3.63, 3.8) is 0 Å². The van der Waals surface area contributed by atoms with Gasteiger partial charge < -0.3 is 10.1 Å². The lowest BCUT2D eigenvalue weighted by molar-refractivity contribution is -0.125. The van der Waals surface area contributed by atoms with Gasteiger partial charge in [-0.05, 0) is 45.6 Å². The lowest BCUT2D eigenvalue weighted by Gasteiger charge is -2.42. The van der Waals surface area contributed by atoms with Gasteiger partial charge in [0.25, 0.3) is 0 Å². The molecule has 2 heterocycles. The fourth-order valence-corrected chi connectivity index (χ4v) is 3.24. The number of anilines is 1. The van der Waals surface area contributed by atoms with Crippen molar-refractivity contribution in [3.8, 4) is 0 Å². The maximum atomic E-state index is 5.27. The lowest BCUT2D eigenvalue weighted by Crippen LogP contribution is -2.43. The van der Waals surface area contributed by atoms with Crippen molar-refractivity contribution in [2.45, 2.75) is 60.8 Å². The summed E-state index contributed by atoms with van der Waals surface area (Å²) >= 11 is 0. The summed E-state index contributed by atoms with van der Waals surface area (Å²) in [6.07, 6.45) is 8.02. The fourth-order valence-electron chi connectivity index (χ4n) is 3.24. The number of hydrogen-bond donors (Lipinski definition) is 1. The first kappa shape index (κ1) is 22.4. The van der Waals surface area contributed by atoms with Gasteiger partial charge in [-0.3, -0.25) is 0 Å². The van der Waals surface area contributed by atoms with Gasteiger partial charge in [0, 0.05) is 22.9 Å². The number of nitrogens with one attached hydrogen (secondary N) is 1. The highest BCUT2D eigenvalue weighted by Crippen LogP contribution is 2.38. The largest absolute Gasteiger partial charge is 0.380 e. The number of ether oxygens (including phenoxy) is 1. The average Bonchev–Trinajstić information content (AvgIpc) is 2.58. The van der Waals surface area contributed by atoms with Crippen molar-refractivity contribution < 1.29 is 4.74 Å². The molecular weight excluding hydrogens is 322 g/mol. The van der Waals surface area contributed by atoms with Crippen LogP contribution >= 0.6 is 0 Å². The number of nitrogens with zero attached hydrogens (tertiary/aromatic N) is 2. The van der Waals surface area contributed by atoms with E-state index in [2.05, 4.69) is 42.9 Å². The Morgan fingerprint density at radius 2 is 1.96 bits per heavy atom. The van der Waals surface area contributed by atoms with E-state index in [9.17, 15) is 0 Å². The molecule has 0 aromatic carbocycles. The van der Waals surface area contributed by atoms with Crippen LogP contribution in [0.25, 0.3) is 12.2 Å². The van der Waals surface area contributed by atoms with Crippen LogP contribution in [-0.2, 0) is 4.74 Å². The zero-order valence-corrected chi connectivity index (χ0v) is 17.8. The molecule has 1 aliphatic heterocycles. The minimum Gasteiger partial charge on any atom is -0.380 e. The minimum absolute atomic E-state index is 0.565. The lowest BCUT2D eigenvalue weighted by atomic mass is 9.75. The van der Waals surface area contributed by atoms with Gasteiger partial charge in [-0.2, -0.15) is 5.10 Å². The summed E-state index contributed by atoms with van der Waals surface area (Å²) in [7, 11) is 1.84. The first-order valence-electron chi connectivity index (χ1n) is 9.74. The third kappa shape index (κ3) is 5.94. The van der Waals surface area contributed by atoms with E-state index in [-0.39, 0.29) is 0 Å². The predicted molar refractivity (Wildman–Crippen MR) is 113 cm³/mol. The molecule has 1 aliphatic rings. The Balaban J connectivity index is 0.000000273. The van der Waals surface area contributed by atoms with E-state index >= 15 is 0 Å². The van der Waals surface area contributed by atoms with Crippen molar-refractivity contribution in [3.05, 3.63) is 28.3 Å². The zero-order valence-electron chi connectivity index (χ0n) is 17.8. The number of hydrogen-bond acceptors (Lipinski definition) is 4. The molecule has 1 atom stereocenters. The molecule has 0 bridgehead atoms. The molecule has 0 amide bonds. The van der Waals surface area contributed by atoms with Gasteiger partial charge >= 0.3 is 0 Å². The molecule has 146 valence electrons. The van der Waals surface area contributed by atoms with E-state index in [1.165, 1.54) is 19.3 Å².